The normalized spacial score (nSPS) is 20.2. The number of halogens is 2. The third-order valence-electron chi connectivity index (χ3n) is 3.36. The monoisotopic (exact) mass is 334 g/mol. The van der Waals surface area contributed by atoms with Crippen LogP contribution in [0.3, 0.4) is 0 Å². The van der Waals surface area contributed by atoms with E-state index < -0.39 is 21.7 Å². The van der Waals surface area contributed by atoms with Gasteiger partial charge in [0, 0.05) is 23.7 Å². The van der Waals surface area contributed by atoms with E-state index in [9.17, 15) is 17.6 Å². The van der Waals surface area contributed by atoms with Gasteiger partial charge in [-0.15, -0.1) is 0 Å². The molecule has 116 valence electrons. The Morgan fingerprint density at radius 3 is 2.81 bits per heavy atom. The summed E-state index contributed by atoms with van der Waals surface area (Å²) in [6.45, 7) is 0.0107. The minimum atomic E-state index is -3.05. The number of carbonyl (C=O) groups excluding carboxylic acids is 1. The number of hydrogen-bond donors (Lipinski definition) is 1. The topological polar surface area (TPSA) is 66.5 Å². The van der Waals surface area contributed by atoms with E-state index in [1.54, 1.807) is 6.07 Å². The minimum Gasteiger partial charge on any atom is -0.334 e. The van der Waals surface area contributed by atoms with Crippen molar-refractivity contribution in [2.24, 2.45) is 0 Å². The summed E-state index contributed by atoms with van der Waals surface area (Å²) < 4.78 is 36.3. The zero-order chi connectivity index (χ0) is 15.6. The lowest BCUT2D eigenvalue weighted by Gasteiger charge is -2.21. The molecule has 1 aliphatic rings. The van der Waals surface area contributed by atoms with Crippen LogP contribution in [0, 0.1) is 5.82 Å². The lowest BCUT2D eigenvalue weighted by molar-refractivity contribution is 0.203. The average Bonchev–Trinajstić information content (AvgIpc) is 2.73. The third kappa shape index (κ3) is 4.07. The summed E-state index contributed by atoms with van der Waals surface area (Å²) in [5.74, 6) is -0.445. The molecular weight excluding hydrogens is 319 g/mol. The van der Waals surface area contributed by atoms with E-state index in [2.05, 4.69) is 5.32 Å². The Morgan fingerprint density at radius 2 is 2.24 bits per heavy atom. The van der Waals surface area contributed by atoms with E-state index in [0.717, 1.165) is 0 Å². The van der Waals surface area contributed by atoms with Crippen LogP contribution in [0.4, 0.5) is 9.18 Å². The molecule has 0 radical (unpaired) electrons. The van der Waals surface area contributed by atoms with E-state index in [-0.39, 0.29) is 34.7 Å². The maximum atomic E-state index is 13.7. The van der Waals surface area contributed by atoms with Crippen LogP contribution in [0.5, 0.6) is 0 Å². The number of sulfone groups is 1. The number of benzene rings is 1. The Balaban J connectivity index is 1.97. The molecule has 0 saturated carbocycles. The first kappa shape index (κ1) is 16.0. The number of rotatable bonds is 3. The molecule has 1 fully saturated rings. The van der Waals surface area contributed by atoms with E-state index in [4.69, 9.17) is 11.6 Å². The van der Waals surface area contributed by atoms with Crippen molar-refractivity contribution in [1.29, 1.82) is 0 Å². The van der Waals surface area contributed by atoms with Crippen LogP contribution in [0.25, 0.3) is 0 Å². The first-order valence-electron chi connectivity index (χ1n) is 6.43. The summed E-state index contributed by atoms with van der Waals surface area (Å²) in [6.07, 6.45) is 0.405. The summed E-state index contributed by atoms with van der Waals surface area (Å²) in [5, 5.41) is 2.88. The molecule has 21 heavy (non-hydrogen) atoms. The molecule has 0 unspecified atom stereocenters. The van der Waals surface area contributed by atoms with E-state index in [1.807, 2.05) is 0 Å². The Morgan fingerprint density at radius 1 is 1.52 bits per heavy atom. The summed E-state index contributed by atoms with van der Waals surface area (Å²) >= 11 is 5.91. The fraction of sp³-hybridized carbons (Fsp3) is 0.462. The van der Waals surface area contributed by atoms with Gasteiger partial charge in [-0.2, -0.15) is 0 Å². The lowest BCUT2D eigenvalue weighted by Crippen LogP contribution is -2.43. The molecule has 0 aliphatic carbocycles. The minimum absolute atomic E-state index is 0.0107. The Hall–Kier alpha value is -1.34. The van der Waals surface area contributed by atoms with Gasteiger partial charge >= 0.3 is 6.03 Å². The van der Waals surface area contributed by atoms with Gasteiger partial charge in [0.05, 0.1) is 18.1 Å². The van der Waals surface area contributed by atoms with E-state index >= 15 is 0 Å². The molecular formula is C13H16ClFN2O3S. The van der Waals surface area contributed by atoms with Crippen molar-refractivity contribution in [1.82, 2.24) is 10.2 Å². The highest BCUT2D eigenvalue weighted by Gasteiger charge is 2.29. The van der Waals surface area contributed by atoms with Gasteiger partial charge in [0.1, 0.15) is 5.82 Å². The van der Waals surface area contributed by atoms with Crippen molar-refractivity contribution in [2.75, 3.05) is 18.6 Å². The highest BCUT2D eigenvalue weighted by Crippen LogP contribution is 2.20. The van der Waals surface area contributed by atoms with Gasteiger partial charge in [0.2, 0.25) is 0 Å². The number of nitrogens with zero attached hydrogens (tertiary/aromatic N) is 1. The molecule has 0 aromatic heterocycles. The number of nitrogens with one attached hydrogen (secondary N) is 1. The fourth-order valence-corrected chi connectivity index (χ4v) is 4.08. The Labute approximate surface area is 128 Å². The predicted molar refractivity (Wildman–Crippen MR) is 78.5 cm³/mol. The van der Waals surface area contributed by atoms with Gasteiger partial charge in [0.15, 0.2) is 9.84 Å². The molecule has 2 rings (SSSR count). The standard InChI is InChI=1S/C13H16ClFN2O3S/c1-17(7-10-11(14)3-2-4-12(10)15)13(18)16-9-5-6-21(19,20)8-9/h2-4,9H,5-8H2,1H3,(H,16,18)/t9-/m0/s1. The summed E-state index contributed by atoms with van der Waals surface area (Å²) in [7, 11) is -1.55. The first-order valence-corrected chi connectivity index (χ1v) is 8.63. The number of carbonyl (C=O) groups is 1. The SMILES string of the molecule is CN(Cc1c(F)cccc1Cl)C(=O)N[C@H]1CCS(=O)(=O)C1. The fourth-order valence-electron chi connectivity index (χ4n) is 2.19. The zero-order valence-electron chi connectivity index (χ0n) is 11.5. The quantitative estimate of drug-likeness (QED) is 0.916. The molecule has 1 aromatic rings. The van der Waals surface area contributed by atoms with Crippen molar-refractivity contribution < 1.29 is 17.6 Å². The van der Waals surface area contributed by atoms with Crippen LogP contribution >= 0.6 is 11.6 Å². The molecule has 1 aromatic carbocycles. The molecule has 8 heteroatoms. The van der Waals surface area contributed by atoms with Gasteiger partial charge in [-0.25, -0.2) is 17.6 Å². The molecule has 1 aliphatic heterocycles. The molecule has 1 N–H and O–H groups in total. The largest absolute Gasteiger partial charge is 0.334 e. The zero-order valence-corrected chi connectivity index (χ0v) is 13.0. The lowest BCUT2D eigenvalue weighted by atomic mass is 10.2. The van der Waals surface area contributed by atoms with Gasteiger partial charge < -0.3 is 10.2 Å². The molecule has 1 atom stereocenters. The van der Waals surface area contributed by atoms with Crippen LogP contribution in [0.2, 0.25) is 5.02 Å². The average molecular weight is 335 g/mol. The third-order valence-corrected chi connectivity index (χ3v) is 5.49. The molecule has 1 saturated heterocycles. The predicted octanol–water partition coefficient (Wildman–Crippen LogP) is 1.81. The van der Waals surface area contributed by atoms with Crippen molar-refractivity contribution in [3.63, 3.8) is 0 Å². The number of amides is 2. The van der Waals surface area contributed by atoms with Crippen LogP contribution < -0.4 is 5.32 Å². The number of urea groups is 1. The first-order chi connectivity index (χ1) is 9.78. The summed E-state index contributed by atoms with van der Waals surface area (Å²) in [4.78, 5) is 13.3. The van der Waals surface area contributed by atoms with E-state index in [0.29, 0.717) is 6.42 Å². The van der Waals surface area contributed by atoms with E-state index in [1.165, 1.54) is 24.1 Å². The molecule has 2 amide bonds. The van der Waals surface area contributed by atoms with Gasteiger partial charge in [-0.3, -0.25) is 0 Å². The van der Waals surface area contributed by atoms with Gasteiger partial charge in [0.25, 0.3) is 0 Å². The van der Waals surface area contributed by atoms with Crippen molar-refractivity contribution in [3.8, 4) is 0 Å². The second-order valence-electron chi connectivity index (χ2n) is 5.11. The van der Waals surface area contributed by atoms with Gasteiger partial charge in [-0.05, 0) is 18.6 Å². The highest BCUT2D eigenvalue weighted by molar-refractivity contribution is 7.91. The smallest absolute Gasteiger partial charge is 0.317 e. The van der Waals surface area contributed by atoms with Crippen LogP contribution in [-0.2, 0) is 16.4 Å². The number of hydrogen-bond acceptors (Lipinski definition) is 3. The van der Waals surface area contributed by atoms with Crippen molar-refractivity contribution >= 4 is 27.5 Å². The Bertz CT molecular complexity index is 631. The Kier molecular flexibility index (Phi) is 4.73. The van der Waals surface area contributed by atoms with Crippen molar-refractivity contribution in [2.45, 2.75) is 19.0 Å². The summed E-state index contributed by atoms with van der Waals surface area (Å²) in [6, 6.07) is 3.48. The second-order valence-corrected chi connectivity index (χ2v) is 7.74. The molecule has 5 nitrogen and oxygen atoms in total. The highest BCUT2D eigenvalue weighted by atomic mass is 35.5. The van der Waals surface area contributed by atoms with Crippen LogP contribution in [0.1, 0.15) is 12.0 Å². The maximum Gasteiger partial charge on any atom is 0.317 e. The van der Waals surface area contributed by atoms with Crippen LogP contribution in [0.15, 0.2) is 18.2 Å². The molecule has 0 bridgehead atoms. The second kappa shape index (κ2) is 6.19. The summed E-state index contributed by atoms with van der Waals surface area (Å²) in [5.41, 5.74) is 0.232. The van der Waals surface area contributed by atoms with Gasteiger partial charge in [-0.1, -0.05) is 17.7 Å². The molecule has 0 spiro atoms. The van der Waals surface area contributed by atoms with Crippen LogP contribution in [-0.4, -0.2) is 43.9 Å². The molecule has 1 heterocycles. The van der Waals surface area contributed by atoms with Crippen molar-refractivity contribution in [3.05, 3.63) is 34.6 Å². The maximum absolute atomic E-state index is 13.7.